The fourth-order valence-corrected chi connectivity index (χ4v) is 0.973. The number of rotatable bonds is 3. The zero-order valence-corrected chi connectivity index (χ0v) is 6.98. The summed E-state index contributed by atoms with van der Waals surface area (Å²) in [6, 6.07) is 2.31. The fraction of sp³-hybridized carbons (Fsp3) is 0.667. The number of nitrogens with zero attached hydrogens (tertiary/aromatic N) is 1. The molecule has 0 bridgehead atoms. The van der Waals surface area contributed by atoms with Crippen molar-refractivity contribution in [1.29, 1.82) is 0 Å². The van der Waals surface area contributed by atoms with Crippen molar-refractivity contribution in [3.05, 3.63) is 0 Å². The maximum Gasteiger partial charge on any atom is 0.149 e. The van der Waals surface area contributed by atoms with Gasteiger partial charge < -0.3 is 4.90 Å². The fourth-order valence-electron chi connectivity index (χ4n) is 0.367. The minimum absolute atomic E-state index is 0.119. The number of hydrogen-bond acceptors (Lipinski definition) is 3. The van der Waals surface area contributed by atoms with Gasteiger partial charge in [0.05, 0.1) is 5.75 Å². The lowest BCUT2D eigenvalue weighted by molar-refractivity contribution is 0.507. The zero-order chi connectivity index (χ0) is 8.20. The molecule has 0 aliphatic carbocycles. The second-order valence-corrected chi connectivity index (χ2v) is 4.44. The van der Waals surface area contributed by atoms with Gasteiger partial charge in [0.1, 0.15) is 9.84 Å². The Kier molecular flexibility index (Phi) is 3.23. The molecule has 0 atom stereocenters. The average Bonchev–Trinajstić information content (AvgIpc) is 1.81. The summed E-state index contributed by atoms with van der Waals surface area (Å²) in [5.74, 6) is 0.119. The van der Waals surface area contributed by atoms with Crippen molar-refractivity contribution in [3.63, 3.8) is 0 Å². The molecule has 0 amide bonds. The van der Waals surface area contributed by atoms with E-state index in [1.165, 1.54) is 11.2 Å². The highest BCUT2D eigenvalue weighted by Crippen LogP contribution is 1.84. The van der Waals surface area contributed by atoms with E-state index in [4.69, 9.17) is 6.42 Å². The molecule has 0 rings (SSSR count). The molecule has 0 N–H and O–H groups in total. The van der Waals surface area contributed by atoms with E-state index >= 15 is 0 Å². The summed E-state index contributed by atoms with van der Waals surface area (Å²) in [6.07, 6.45) is 6.17. The third-order valence-corrected chi connectivity index (χ3v) is 1.94. The molecule has 0 heterocycles. The van der Waals surface area contributed by atoms with E-state index in [0.717, 1.165) is 0 Å². The van der Waals surface area contributed by atoms with Crippen LogP contribution in [-0.2, 0) is 9.84 Å². The van der Waals surface area contributed by atoms with Crippen molar-refractivity contribution in [1.82, 2.24) is 4.90 Å². The van der Waals surface area contributed by atoms with Crippen LogP contribution in [0.25, 0.3) is 0 Å². The van der Waals surface area contributed by atoms with E-state index in [0.29, 0.717) is 6.54 Å². The molecule has 58 valence electrons. The first-order valence-electron chi connectivity index (χ1n) is 2.81. The molecule has 0 aromatic carbocycles. The quantitative estimate of drug-likeness (QED) is 0.416. The predicted octanol–water partition coefficient (Wildman–Crippen LogP) is -0.446. The van der Waals surface area contributed by atoms with Gasteiger partial charge in [0.2, 0.25) is 0 Å². The van der Waals surface area contributed by atoms with E-state index in [-0.39, 0.29) is 5.75 Å². The Morgan fingerprint density at radius 1 is 1.60 bits per heavy atom. The predicted molar refractivity (Wildman–Crippen MR) is 41.2 cm³/mol. The van der Waals surface area contributed by atoms with Crippen LogP contribution >= 0.6 is 0 Å². The van der Waals surface area contributed by atoms with E-state index in [1.54, 1.807) is 7.05 Å². The van der Waals surface area contributed by atoms with Gasteiger partial charge in [-0.2, -0.15) is 0 Å². The van der Waals surface area contributed by atoms with Crippen molar-refractivity contribution in [2.45, 2.75) is 0 Å². The summed E-state index contributed by atoms with van der Waals surface area (Å²) in [6.45, 7) is 0.398. The van der Waals surface area contributed by atoms with Crippen molar-refractivity contribution >= 4 is 9.84 Å². The summed E-state index contributed by atoms with van der Waals surface area (Å²) in [4.78, 5) is 1.50. The van der Waals surface area contributed by atoms with Crippen LogP contribution in [0.2, 0.25) is 0 Å². The van der Waals surface area contributed by atoms with Crippen LogP contribution in [0.5, 0.6) is 0 Å². The van der Waals surface area contributed by atoms with Crippen LogP contribution in [0, 0.1) is 12.5 Å². The molecular formula is C6H11NO2S. The summed E-state index contributed by atoms with van der Waals surface area (Å²) in [7, 11) is -1.19. The molecule has 0 spiro atoms. The van der Waals surface area contributed by atoms with Crippen LogP contribution in [0.3, 0.4) is 0 Å². The Morgan fingerprint density at radius 2 is 2.10 bits per heavy atom. The molecule has 0 saturated carbocycles. The van der Waals surface area contributed by atoms with Crippen LogP contribution in [-0.4, -0.2) is 38.9 Å². The minimum atomic E-state index is -2.87. The summed E-state index contributed by atoms with van der Waals surface area (Å²) < 4.78 is 21.1. The maximum atomic E-state index is 10.6. The summed E-state index contributed by atoms with van der Waals surface area (Å²) in [5, 5.41) is 0. The summed E-state index contributed by atoms with van der Waals surface area (Å²) >= 11 is 0. The standard InChI is InChI=1S/C6H11NO2S/c1-4-7(2)5-6-10(3,8)9/h1H,5-6H2,2-3H3. The molecule has 0 unspecified atom stereocenters. The van der Waals surface area contributed by atoms with Crippen LogP contribution in [0.4, 0.5) is 0 Å². The maximum absolute atomic E-state index is 10.6. The first-order chi connectivity index (χ1) is 4.45. The van der Waals surface area contributed by atoms with E-state index in [1.807, 2.05) is 0 Å². The van der Waals surface area contributed by atoms with Gasteiger partial charge in [0.15, 0.2) is 0 Å². The lowest BCUT2D eigenvalue weighted by Crippen LogP contribution is -2.20. The van der Waals surface area contributed by atoms with Crippen molar-refractivity contribution in [2.24, 2.45) is 0 Å². The third kappa shape index (κ3) is 5.45. The molecule has 0 aromatic heterocycles. The van der Waals surface area contributed by atoms with Crippen LogP contribution in [0.15, 0.2) is 0 Å². The second kappa shape index (κ2) is 3.47. The van der Waals surface area contributed by atoms with Crippen molar-refractivity contribution < 1.29 is 8.42 Å². The molecule has 0 aliphatic heterocycles. The van der Waals surface area contributed by atoms with E-state index in [2.05, 4.69) is 6.04 Å². The average molecular weight is 161 g/mol. The smallest absolute Gasteiger partial charge is 0.149 e. The first kappa shape index (κ1) is 9.31. The van der Waals surface area contributed by atoms with E-state index in [9.17, 15) is 8.42 Å². The first-order valence-corrected chi connectivity index (χ1v) is 4.87. The van der Waals surface area contributed by atoms with Gasteiger partial charge in [-0.05, 0) is 0 Å². The highest BCUT2D eigenvalue weighted by Gasteiger charge is 2.01. The van der Waals surface area contributed by atoms with Crippen molar-refractivity contribution in [2.75, 3.05) is 25.6 Å². The SMILES string of the molecule is C#CN(C)CCS(C)(=O)=O. The molecule has 3 nitrogen and oxygen atoms in total. The van der Waals surface area contributed by atoms with Crippen molar-refractivity contribution in [3.8, 4) is 12.5 Å². The summed E-state index contributed by atoms with van der Waals surface area (Å²) in [5.41, 5.74) is 0. The highest BCUT2D eigenvalue weighted by atomic mass is 32.2. The van der Waals surface area contributed by atoms with Gasteiger partial charge in [-0.25, -0.2) is 8.42 Å². The Hall–Kier alpha value is -0.690. The number of hydrogen-bond donors (Lipinski definition) is 0. The van der Waals surface area contributed by atoms with E-state index < -0.39 is 9.84 Å². The van der Waals surface area contributed by atoms with Crippen LogP contribution in [0.1, 0.15) is 0 Å². The Morgan fingerprint density at radius 3 is 2.40 bits per heavy atom. The van der Waals surface area contributed by atoms with Crippen LogP contribution < -0.4 is 0 Å². The lowest BCUT2D eigenvalue weighted by Gasteiger charge is -2.07. The van der Waals surface area contributed by atoms with Gasteiger partial charge in [-0.3, -0.25) is 0 Å². The van der Waals surface area contributed by atoms with Gasteiger partial charge >= 0.3 is 0 Å². The lowest BCUT2D eigenvalue weighted by atomic mass is 10.7. The van der Waals surface area contributed by atoms with Gasteiger partial charge in [-0.1, -0.05) is 6.42 Å². The Bertz CT molecular complexity index is 225. The normalized spacial score (nSPS) is 10.5. The van der Waals surface area contributed by atoms with Gasteiger partial charge in [0.25, 0.3) is 0 Å². The molecule has 0 fully saturated rings. The van der Waals surface area contributed by atoms with Gasteiger partial charge in [-0.15, -0.1) is 0 Å². The third-order valence-electron chi connectivity index (χ3n) is 1.02. The number of sulfone groups is 1. The second-order valence-electron chi connectivity index (χ2n) is 2.18. The topological polar surface area (TPSA) is 37.4 Å². The molecule has 0 aromatic rings. The molecule has 10 heavy (non-hydrogen) atoms. The monoisotopic (exact) mass is 161 g/mol. The molecular weight excluding hydrogens is 150 g/mol. The molecule has 0 saturated heterocycles. The largest absolute Gasteiger partial charge is 0.335 e. The Labute approximate surface area is 61.9 Å². The molecule has 0 aliphatic rings. The number of terminal acetylenes is 1. The van der Waals surface area contributed by atoms with Gasteiger partial charge in [0, 0.05) is 25.9 Å². The molecule has 0 radical (unpaired) electrons. The minimum Gasteiger partial charge on any atom is -0.335 e. The zero-order valence-electron chi connectivity index (χ0n) is 6.16. The highest BCUT2D eigenvalue weighted by molar-refractivity contribution is 7.90. The molecule has 4 heteroatoms. The Balaban J connectivity index is 3.70.